The molecule has 3 nitrogen and oxygen atoms in total. The van der Waals surface area contributed by atoms with Crippen LogP contribution in [0.5, 0.6) is 0 Å². The van der Waals surface area contributed by atoms with E-state index in [1.807, 2.05) is 12.1 Å². The number of carbonyl (C=O) groups is 1. The number of halogens is 1. The van der Waals surface area contributed by atoms with Crippen molar-refractivity contribution in [2.75, 3.05) is 0 Å². The maximum Gasteiger partial charge on any atom is 0.230 e. The van der Waals surface area contributed by atoms with Crippen LogP contribution in [-0.4, -0.2) is 23.2 Å². The predicted octanol–water partition coefficient (Wildman–Crippen LogP) is 3.29. The Bertz CT molecular complexity index is 502. The fourth-order valence-corrected chi connectivity index (χ4v) is 3.75. The van der Waals surface area contributed by atoms with E-state index in [9.17, 15) is 9.90 Å². The molecule has 0 radical (unpaired) electrons. The van der Waals surface area contributed by atoms with Crippen LogP contribution in [0.15, 0.2) is 28.7 Å². The first-order valence-electron chi connectivity index (χ1n) is 7.85. The molecule has 2 N–H and O–H groups in total. The summed E-state index contributed by atoms with van der Waals surface area (Å²) in [6, 6.07) is 8.38. The van der Waals surface area contributed by atoms with E-state index in [0.29, 0.717) is 0 Å². The summed E-state index contributed by atoms with van der Waals surface area (Å²) in [5.41, 5.74) is 0.807. The van der Waals surface area contributed by atoms with Gasteiger partial charge in [0.15, 0.2) is 0 Å². The monoisotopic (exact) mass is 351 g/mol. The highest BCUT2D eigenvalue weighted by atomic mass is 79.9. The number of benzene rings is 1. The van der Waals surface area contributed by atoms with E-state index in [4.69, 9.17) is 0 Å². The molecular weight excluding hydrogens is 330 g/mol. The highest BCUT2D eigenvalue weighted by molar-refractivity contribution is 9.10. The van der Waals surface area contributed by atoms with Crippen LogP contribution in [0.25, 0.3) is 0 Å². The molecule has 3 rings (SSSR count). The first-order chi connectivity index (χ1) is 10.1. The van der Waals surface area contributed by atoms with Crippen molar-refractivity contribution in [2.45, 2.75) is 62.5 Å². The van der Waals surface area contributed by atoms with Gasteiger partial charge in [-0.1, -0.05) is 34.5 Å². The minimum atomic E-state index is -0.323. The molecule has 114 valence electrons. The van der Waals surface area contributed by atoms with Crippen LogP contribution in [-0.2, 0) is 10.2 Å². The standard InChI is InChI=1S/C17H22BrNO2/c18-13-4-2-12(3-5-13)17(10-1-11-17)16(21)19-14-6-8-15(20)9-7-14/h2-5,14-15,20H,1,6-11H2,(H,19,21). The van der Waals surface area contributed by atoms with E-state index in [2.05, 4.69) is 33.4 Å². The van der Waals surface area contributed by atoms with Gasteiger partial charge in [-0.2, -0.15) is 0 Å². The highest BCUT2D eigenvalue weighted by Crippen LogP contribution is 2.44. The Morgan fingerprint density at radius 2 is 1.76 bits per heavy atom. The summed E-state index contributed by atoms with van der Waals surface area (Å²) in [4.78, 5) is 12.8. The van der Waals surface area contributed by atoms with E-state index < -0.39 is 0 Å². The lowest BCUT2D eigenvalue weighted by Crippen LogP contribution is -2.52. The fourth-order valence-electron chi connectivity index (χ4n) is 3.49. The predicted molar refractivity (Wildman–Crippen MR) is 86.1 cm³/mol. The quantitative estimate of drug-likeness (QED) is 0.877. The zero-order valence-corrected chi connectivity index (χ0v) is 13.7. The van der Waals surface area contributed by atoms with E-state index in [1.165, 1.54) is 0 Å². The molecule has 21 heavy (non-hydrogen) atoms. The zero-order chi connectivity index (χ0) is 14.9. The molecule has 0 aromatic heterocycles. The molecule has 2 saturated carbocycles. The maximum absolute atomic E-state index is 12.8. The maximum atomic E-state index is 12.8. The average Bonchev–Trinajstić information content (AvgIpc) is 2.42. The molecule has 2 fully saturated rings. The number of hydrogen-bond donors (Lipinski definition) is 2. The van der Waals surface area contributed by atoms with Gasteiger partial charge in [-0.15, -0.1) is 0 Å². The molecule has 2 aliphatic rings. The molecule has 0 heterocycles. The minimum Gasteiger partial charge on any atom is -0.393 e. The number of amides is 1. The van der Waals surface area contributed by atoms with Crippen LogP contribution in [0.3, 0.4) is 0 Å². The van der Waals surface area contributed by atoms with Gasteiger partial charge in [0.25, 0.3) is 0 Å². The third-order valence-electron chi connectivity index (χ3n) is 5.07. The number of aliphatic hydroxyl groups is 1. The summed E-state index contributed by atoms with van der Waals surface area (Å²) in [7, 11) is 0. The van der Waals surface area contributed by atoms with Gasteiger partial charge in [-0.05, 0) is 56.2 Å². The molecule has 0 unspecified atom stereocenters. The van der Waals surface area contributed by atoms with Crippen molar-refractivity contribution >= 4 is 21.8 Å². The molecular formula is C17H22BrNO2. The molecule has 4 heteroatoms. The van der Waals surface area contributed by atoms with Gasteiger partial charge in [0, 0.05) is 10.5 Å². The van der Waals surface area contributed by atoms with Crippen molar-refractivity contribution in [3.8, 4) is 0 Å². The normalized spacial score (nSPS) is 27.7. The van der Waals surface area contributed by atoms with E-state index in [-0.39, 0.29) is 23.5 Å². The Hall–Kier alpha value is -0.870. The third-order valence-corrected chi connectivity index (χ3v) is 5.60. The molecule has 0 saturated heterocycles. The van der Waals surface area contributed by atoms with Crippen molar-refractivity contribution in [2.24, 2.45) is 0 Å². The average molecular weight is 352 g/mol. The number of aliphatic hydroxyl groups excluding tert-OH is 1. The Kier molecular flexibility index (Phi) is 4.36. The van der Waals surface area contributed by atoms with E-state index >= 15 is 0 Å². The second kappa shape index (κ2) is 6.09. The number of hydrogen-bond acceptors (Lipinski definition) is 2. The van der Waals surface area contributed by atoms with Gasteiger partial charge in [-0.25, -0.2) is 0 Å². The van der Waals surface area contributed by atoms with Crippen LogP contribution >= 0.6 is 15.9 Å². The summed E-state index contributed by atoms with van der Waals surface area (Å²) in [6.45, 7) is 0. The Morgan fingerprint density at radius 3 is 2.29 bits per heavy atom. The van der Waals surface area contributed by atoms with Gasteiger partial charge >= 0.3 is 0 Å². The van der Waals surface area contributed by atoms with E-state index in [1.54, 1.807) is 0 Å². The summed E-state index contributed by atoms with van der Waals surface area (Å²) in [6.07, 6.45) is 6.21. The summed E-state index contributed by atoms with van der Waals surface area (Å²) < 4.78 is 1.04. The number of nitrogens with one attached hydrogen (secondary N) is 1. The van der Waals surface area contributed by atoms with Crippen LogP contribution in [0.2, 0.25) is 0 Å². The molecule has 1 amide bonds. The van der Waals surface area contributed by atoms with Crippen molar-refractivity contribution < 1.29 is 9.90 Å². The first-order valence-corrected chi connectivity index (χ1v) is 8.64. The second-order valence-electron chi connectivity index (χ2n) is 6.42. The van der Waals surface area contributed by atoms with Gasteiger partial charge in [-0.3, -0.25) is 4.79 Å². The summed E-state index contributed by atoms with van der Waals surface area (Å²) in [5.74, 6) is 0.178. The van der Waals surface area contributed by atoms with Gasteiger partial charge in [0.05, 0.1) is 11.5 Å². The lowest BCUT2D eigenvalue weighted by molar-refractivity contribution is -0.131. The minimum absolute atomic E-state index is 0.178. The van der Waals surface area contributed by atoms with Gasteiger partial charge in [0.2, 0.25) is 5.91 Å². The molecule has 0 bridgehead atoms. The topological polar surface area (TPSA) is 49.3 Å². The van der Waals surface area contributed by atoms with Gasteiger partial charge < -0.3 is 10.4 Å². The lowest BCUT2D eigenvalue weighted by Gasteiger charge is -2.42. The highest BCUT2D eigenvalue weighted by Gasteiger charge is 2.46. The second-order valence-corrected chi connectivity index (χ2v) is 7.34. The van der Waals surface area contributed by atoms with Crippen molar-refractivity contribution in [3.05, 3.63) is 34.3 Å². The van der Waals surface area contributed by atoms with Crippen LogP contribution < -0.4 is 5.32 Å². The zero-order valence-electron chi connectivity index (χ0n) is 12.1. The Balaban J connectivity index is 1.70. The summed E-state index contributed by atoms with van der Waals surface area (Å²) in [5, 5.41) is 12.8. The largest absolute Gasteiger partial charge is 0.393 e. The smallest absolute Gasteiger partial charge is 0.230 e. The molecule has 2 aliphatic carbocycles. The van der Waals surface area contributed by atoms with Crippen molar-refractivity contribution in [1.82, 2.24) is 5.32 Å². The molecule has 1 aromatic rings. The Labute approximate surface area is 134 Å². The van der Waals surface area contributed by atoms with Crippen LogP contribution in [0.4, 0.5) is 0 Å². The number of rotatable bonds is 3. The molecule has 1 aromatic carbocycles. The van der Waals surface area contributed by atoms with Crippen LogP contribution in [0.1, 0.15) is 50.5 Å². The van der Waals surface area contributed by atoms with E-state index in [0.717, 1.165) is 55.0 Å². The SMILES string of the molecule is O=C(NC1CCC(O)CC1)C1(c2ccc(Br)cc2)CCC1. The first kappa shape index (κ1) is 15.0. The summed E-state index contributed by atoms with van der Waals surface area (Å²) >= 11 is 3.45. The van der Waals surface area contributed by atoms with Crippen molar-refractivity contribution in [3.63, 3.8) is 0 Å². The number of carbonyl (C=O) groups excluding carboxylic acids is 1. The molecule has 0 spiro atoms. The third kappa shape index (κ3) is 3.02. The lowest BCUT2D eigenvalue weighted by atomic mass is 9.63. The van der Waals surface area contributed by atoms with Gasteiger partial charge in [0.1, 0.15) is 0 Å². The van der Waals surface area contributed by atoms with Crippen molar-refractivity contribution in [1.29, 1.82) is 0 Å². The fraction of sp³-hybridized carbons (Fsp3) is 0.588. The van der Waals surface area contributed by atoms with Crippen LogP contribution in [0, 0.1) is 0 Å². The Morgan fingerprint density at radius 1 is 1.14 bits per heavy atom. The molecule has 0 atom stereocenters. The molecule has 0 aliphatic heterocycles.